The average molecular weight is 276 g/mol. The van der Waals surface area contributed by atoms with E-state index in [1.165, 1.54) is 6.07 Å². The van der Waals surface area contributed by atoms with E-state index in [9.17, 15) is 4.39 Å². The van der Waals surface area contributed by atoms with Crippen LogP contribution in [-0.2, 0) is 0 Å². The number of hydrogen-bond acceptors (Lipinski definition) is 3. The Balaban J connectivity index is 2.32. The number of benzene rings is 1. The molecule has 0 fully saturated rings. The number of aryl methyl sites for hydroxylation is 2. The Kier molecular flexibility index (Phi) is 3.76. The molecule has 0 saturated heterocycles. The van der Waals surface area contributed by atoms with Crippen molar-refractivity contribution in [2.75, 3.05) is 0 Å². The molecular weight excluding hydrogens is 263 g/mol. The molecule has 0 bridgehead atoms. The SMILES string of the molecule is Cc1cc(C(N)=S)cc(Oc2ccc(C)c(F)c2)n1. The van der Waals surface area contributed by atoms with Crippen LogP contribution in [0.15, 0.2) is 30.3 Å². The van der Waals surface area contributed by atoms with E-state index in [2.05, 4.69) is 4.98 Å². The highest BCUT2D eigenvalue weighted by Gasteiger charge is 2.06. The number of aromatic nitrogens is 1. The topological polar surface area (TPSA) is 48.1 Å². The van der Waals surface area contributed by atoms with Crippen LogP contribution >= 0.6 is 12.2 Å². The van der Waals surface area contributed by atoms with E-state index in [1.54, 1.807) is 31.2 Å². The second-order valence-corrected chi connectivity index (χ2v) is 4.65. The van der Waals surface area contributed by atoms with E-state index in [4.69, 9.17) is 22.7 Å². The maximum absolute atomic E-state index is 13.4. The molecule has 2 aromatic rings. The summed E-state index contributed by atoms with van der Waals surface area (Å²) in [7, 11) is 0. The van der Waals surface area contributed by atoms with Gasteiger partial charge in [0, 0.05) is 23.4 Å². The molecule has 1 aromatic carbocycles. The van der Waals surface area contributed by atoms with Crippen molar-refractivity contribution in [1.82, 2.24) is 4.98 Å². The third-order valence-electron chi connectivity index (χ3n) is 2.58. The summed E-state index contributed by atoms with van der Waals surface area (Å²) >= 11 is 4.92. The van der Waals surface area contributed by atoms with Crippen molar-refractivity contribution in [1.29, 1.82) is 0 Å². The Hall–Kier alpha value is -2.01. The summed E-state index contributed by atoms with van der Waals surface area (Å²) in [5, 5.41) is 0. The molecule has 0 aliphatic carbocycles. The molecule has 5 heteroatoms. The molecule has 0 radical (unpaired) electrons. The quantitative estimate of drug-likeness (QED) is 0.874. The number of thiocarbonyl (C=S) groups is 1. The molecule has 2 rings (SSSR count). The van der Waals surface area contributed by atoms with Crippen molar-refractivity contribution < 1.29 is 9.13 Å². The monoisotopic (exact) mass is 276 g/mol. The highest BCUT2D eigenvalue weighted by molar-refractivity contribution is 7.80. The van der Waals surface area contributed by atoms with Gasteiger partial charge in [-0.15, -0.1) is 0 Å². The molecule has 1 aromatic heterocycles. The molecule has 98 valence electrons. The van der Waals surface area contributed by atoms with Crippen LogP contribution in [0.3, 0.4) is 0 Å². The molecule has 0 unspecified atom stereocenters. The van der Waals surface area contributed by atoms with Crippen LogP contribution in [0.2, 0.25) is 0 Å². The fourth-order valence-corrected chi connectivity index (χ4v) is 1.71. The summed E-state index contributed by atoms with van der Waals surface area (Å²) in [6.45, 7) is 3.50. The highest BCUT2D eigenvalue weighted by Crippen LogP contribution is 2.23. The molecule has 3 nitrogen and oxygen atoms in total. The predicted octanol–water partition coefficient (Wildman–Crippen LogP) is 3.26. The van der Waals surface area contributed by atoms with Crippen molar-refractivity contribution in [3.8, 4) is 11.6 Å². The van der Waals surface area contributed by atoms with Crippen molar-refractivity contribution in [3.05, 3.63) is 53.0 Å². The summed E-state index contributed by atoms with van der Waals surface area (Å²) in [4.78, 5) is 4.47. The van der Waals surface area contributed by atoms with Gasteiger partial charge in [-0.3, -0.25) is 0 Å². The smallest absolute Gasteiger partial charge is 0.220 e. The summed E-state index contributed by atoms with van der Waals surface area (Å²) in [6, 6.07) is 8.05. The average Bonchev–Trinajstić information content (AvgIpc) is 2.33. The fraction of sp³-hybridized carbons (Fsp3) is 0.143. The van der Waals surface area contributed by atoms with Gasteiger partial charge in [0.15, 0.2) is 0 Å². The van der Waals surface area contributed by atoms with Crippen LogP contribution in [0.25, 0.3) is 0 Å². The standard InChI is InChI=1S/C14H13FN2OS/c1-8-3-4-11(7-12(8)15)18-13-6-10(14(16)19)5-9(2)17-13/h3-7H,1-2H3,(H2,16,19). The Morgan fingerprint density at radius 3 is 2.63 bits per heavy atom. The number of halogens is 1. The van der Waals surface area contributed by atoms with Crippen molar-refractivity contribution in [3.63, 3.8) is 0 Å². The van der Waals surface area contributed by atoms with Crippen LogP contribution in [0.1, 0.15) is 16.8 Å². The van der Waals surface area contributed by atoms with Crippen LogP contribution in [-0.4, -0.2) is 9.97 Å². The van der Waals surface area contributed by atoms with E-state index in [0.717, 1.165) is 5.69 Å². The highest BCUT2D eigenvalue weighted by atomic mass is 32.1. The number of pyridine rings is 1. The van der Waals surface area contributed by atoms with Gasteiger partial charge in [-0.05, 0) is 31.5 Å². The summed E-state index contributed by atoms with van der Waals surface area (Å²) in [5.74, 6) is 0.404. The molecule has 0 amide bonds. The Labute approximate surface area is 116 Å². The molecule has 0 aliphatic rings. The first-order chi connectivity index (χ1) is 8.95. The van der Waals surface area contributed by atoms with Crippen LogP contribution in [0.5, 0.6) is 11.6 Å². The Morgan fingerprint density at radius 2 is 2.00 bits per heavy atom. The minimum absolute atomic E-state index is 0.269. The molecule has 1 heterocycles. The number of ether oxygens (including phenoxy) is 1. The van der Waals surface area contributed by atoms with Gasteiger partial charge in [-0.1, -0.05) is 18.3 Å². The zero-order chi connectivity index (χ0) is 14.0. The predicted molar refractivity (Wildman–Crippen MR) is 76.1 cm³/mol. The van der Waals surface area contributed by atoms with Gasteiger partial charge < -0.3 is 10.5 Å². The zero-order valence-corrected chi connectivity index (χ0v) is 11.4. The molecule has 0 atom stereocenters. The third-order valence-corrected chi connectivity index (χ3v) is 2.82. The maximum atomic E-state index is 13.4. The van der Waals surface area contributed by atoms with Crippen molar-refractivity contribution in [2.24, 2.45) is 5.73 Å². The minimum atomic E-state index is -0.320. The van der Waals surface area contributed by atoms with Gasteiger partial charge in [0.2, 0.25) is 5.88 Å². The van der Waals surface area contributed by atoms with E-state index in [1.807, 2.05) is 6.92 Å². The second kappa shape index (κ2) is 5.32. The van der Waals surface area contributed by atoms with Crippen LogP contribution < -0.4 is 10.5 Å². The van der Waals surface area contributed by atoms with E-state index in [-0.39, 0.29) is 10.8 Å². The van der Waals surface area contributed by atoms with Gasteiger partial charge in [-0.25, -0.2) is 9.37 Å². The molecule has 2 N–H and O–H groups in total. The van der Waals surface area contributed by atoms with Gasteiger partial charge >= 0.3 is 0 Å². The van der Waals surface area contributed by atoms with Gasteiger partial charge in [0.05, 0.1) is 0 Å². The third kappa shape index (κ3) is 3.26. The Morgan fingerprint density at radius 1 is 1.26 bits per heavy atom. The number of nitrogens with zero attached hydrogens (tertiary/aromatic N) is 1. The molecule has 19 heavy (non-hydrogen) atoms. The van der Waals surface area contributed by atoms with Crippen molar-refractivity contribution >= 4 is 17.2 Å². The van der Waals surface area contributed by atoms with Gasteiger partial charge in [0.25, 0.3) is 0 Å². The lowest BCUT2D eigenvalue weighted by Gasteiger charge is -2.08. The van der Waals surface area contributed by atoms with Gasteiger partial charge in [0.1, 0.15) is 16.6 Å². The van der Waals surface area contributed by atoms with E-state index >= 15 is 0 Å². The number of nitrogens with two attached hydrogens (primary N) is 1. The first-order valence-corrected chi connectivity index (χ1v) is 6.09. The van der Waals surface area contributed by atoms with E-state index in [0.29, 0.717) is 22.8 Å². The molecular formula is C14H13FN2OS. The lowest BCUT2D eigenvalue weighted by molar-refractivity contribution is 0.456. The lowest BCUT2D eigenvalue weighted by Crippen LogP contribution is -2.10. The van der Waals surface area contributed by atoms with Gasteiger partial charge in [-0.2, -0.15) is 0 Å². The van der Waals surface area contributed by atoms with Crippen molar-refractivity contribution in [2.45, 2.75) is 13.8 Å². The van der Waals surface area contributed by atoms with Crippen LogP contribution in [0, 0.1) is 19.7 Å². The lowest BCUT2D eigenvalue weighted by atomic mass is 10.2. The van der Waals surface area contributed by atoms with Crippen LogP contribution in [0.4, 0.5) is 4.39 Å². The first kappa shape index (κ1) is 13.4. The van der Waals surface area contributed by atoms with E-state index < -0.39 is 0 Å². The Bertz CT molecular complexity index is 643. The first-order valence-electron chi connectivity index (χ1n) is 5.68. The maximum Gasteiger partial charge on any atom is 0.220 e. The summed E-state index contributed by atoms with van der Waals surface area (Å²) < 4.78 is 18.9. The molecule has 0 spiro atoms. The number of rotatable bonds is 3. The minimum Gasteiger partial charge on any atom is -0.439 e. The summed E-state index contributed by atoms with van der Waals surface area (Å²) in [6.07, 6.45) is 0. The number of hydrogen-bond donors (Lipinski definition) is 1. The molecule has 0 saturated carbocycles. The molecule has 0 aliphatic heterocycles. The zero-order valence-electron chi connectivity index (χ0n) is 10.6. The second-order valence-electron chi connectivity index (χ2n) is 4.21. The largest absolute Gasteiger partial charge is 0.439 e. The normalized spacial score (nSPS) is 10.3. The fourth-order valence-electron chi connectivity index (χ4n) is 1.59. The summed E-state index contributed by atoms with van der Waals surface area (Å²) in [5.41, 5.74) is 7.54.